The van der Waals surface area contributed by atoms with Crippen LogP contribution in [0.2, 0.25) is 10.0 Å². The third-order valence-electron chi connectivity index (χ3n) is 6.62. The SMILES string of the molecule is COc1ccc2[nH]c(=O)c(C3=NN(C(=O)CCC(=O)O)C(c4ccc(Cl)cc4)C3)c(-c3ccc(Cl)cc3)c2c1. The van der Waals surface area contributed by atoms with E-state index in [0.717, 1.165) is 16.5 Å². The summed E-state index contributed by atoms with van der Waals surface area (Å²) in [6, 6.07) is 18.9. The summed E-state index contributed by atoms with van der Waals surface area (Å²) in [7, 11) is 1.56. The molecule has 0 bridgehead atoms. The van der Waals surface area contributed by atoms with Gasteiger partial charge < -0.3 is 14.8 Å². The molecule has 0 spiro atoms. The van der Waals surface area contributed by atoms with Crippen LogP contribution in [0.15, 0.2) is 76.6 Å². The van der Waals surface area contributed by atoms with Crippen molar-refractivity contribution in [3.05, 3.63) is 98.3 Å². The maximum atomic E-state index is 13.6. The molecule has 10 heteroatoms. The van der Waals surface area contributed by atoms with E-state index in [1.54, 1.807) is 55.6 Å². The van der Waals surface area contributed by atoms with E-state index in [2.05, 4.69) is 10.1 Å². The van der Waals surface area contributed by atoms with Crippen LogP contribution in [-0.4, -0.2) is 39.8 Å². The average molecular weight is 564 g/mol. The van der Waals surface area contributed by atoms with Gasteiger partial charge in [0.05, 0.1) is 30.8 Å². The molecule has 5 rings (SSSR count). The summed E-state index contributed by atoms with van der Waals surface area (Å²) in [5, 5.41) is 16.8. The van der Waals surface area contributed by atoms with Gasteiger partial charge in [0.2, 0.25) is 5.91 Å². The monoisotopic (exact) mass is 563 g/mol. The van der Waals surface area contributed by atoms with E-state index < -0.39 is 17.9 Å². The molecule has 1 atom stereocenters. The maximum Gasteiger partial charge on any atom is 0.303 e. The number of carbonyl (C=O) groups excluding carboxylic acids is 1. The largest absolute Gasteiger partial charge is 0.497 e. The highest BCUT2D eigenvalue weighted by molar-refractivity contribution is 6.31. The van der Waals surface area contributed by atoms with Gasteiger partial charge in [-0.25, -0.2) is 5.01 Å². The number of aliphatic carboxylic acids is 1. The molecule has 1 aliphatic heterocycles. The molecule has 0 saturated carbocycles. The molecule has 3 aromatic carbocycles. The van der Waals surface area contributed by atoms with Crippen molar-refractivity contribution in [1.82, 2.24) is 9.99 Å². The number of halogens is 2. The van der Waals surface area contributed by atoms with Gasteiger partial charge in [0.25, 0.3) is 5.56 Å². The Kier molecular flexibility index (Phi) is 7.41. The second kappa shape index (κ2) is 10.9. The molecule has 2 N–H and O–H groups in total. The summed E-state index contributed by atoms with van der Waals surface area (Å²) in [6.07, 6.45) is -0.328. The number of methoxy groups -OCH3 is 1. The summed E-state index contributed by atoms with van der Waals surface area (Å²) in [6.45, 7) is 0. The quantitative estimate of drug-likeness (QED) is 0.284. The number of carboxylic acids is 1. The predicted molar refractivity (Wildman–Crippen MR) is 151 cm³/mol. The van der Waals surface area contributed by atoms with Crippen molar-refractivity contribution in [1.29, 1.82) is 0 Å². The molecule has 8 nitrogen and oxygen atoms in total. The Bertz CT molecular complexity index is 1660. The number of hydrogen-bond donors (Lipinski definition) is 2. The third-order valence-corrected chi connectivity index (χ3v) is 7.12. The number of amides is 1. The smallest absolute Gasteiger partial charge is 0.303 e. The zero-order valence-electron chi connectivity index (χ0n) is 20.8. The number of ether oxygens (including phenoxy) is 1. The van der Waals surface area contributed by atoms with Gasteiger partial charge in [-0.2, -0.15) is 5.10 Å². The molecule has 39 heavy (non-hydrogen) atoms. The van der Waals surface area contributed by atoms with Gasteiger partial charge >= 0.3 is 5.97 Å². The predicted octanol–water partition coefficient (Wildman–Crippen LogP) is 6.05. The van der Waals surface area contributed by atoms with E-state index in [1.165, 1.54) is 5.01 Å². The fourth-order valence-corrected chi connectivity index (χ4v) is 5.01. The fourth-order valence-electron chi connectivity index (χ4n) is 4.76. The number of carbonyl (C=O) groups is 2. The Morgan fingerprint density at radius 1 is 1.00 bits per heavy atom. The second-order valence-corrected chi connectivity index (χ2v) is 9.95. The van der Waals surface area contributed by atoms with E-state index in [1.807, 2.05) is 18.2 Å². The van der Waals surface area contributed by atoms with Crippen LogP contribution in [0, 0.1) is 0 Å². The van der Waals surface area contributed by atoms with Crippen molar-refractivity contribution >= 4 is 51.7 Å². The van der Waals surface area contributed by atoms with E-state index in [-0.39, 0.29) is 24.8 Å². The number of benzene rings is 3. The van der Waals surface area contributed by atoms with Gasteiger partial charge in [-0.1, -0.05) is 47.5 Å². The van der Waals surface area contributed by atoms with Crippen molar-refractivity contribution in [3.8, 4) is 16.9 Å². The Balaban J connectivity index is 1.71. The molecule has 0 saturated heterocycles. The highest BCUT2D eigenvalue weighted by Gasteiger charge is 2.35. The second-order valence-electron chi connectivity index (χ2n) is 9.07. The molecule has 1 unspecified atom stereocenters. The Morgan fingerprint density at radius 3 is 2.31 bits per heavy atom. The van der Waals surface area contributed by atoms with E-state index in [4.69, 9.17) is 33.0 Å². The molecule has 0 radical (unpaired) electrons. The van der Waals surface area contributed by atoms with E-state index in [0.29, 0.717) is 38.2 Å². The van der Waals surface area contributed by atoms with Crippen LogP contribution < -0.4 is 10.3 Å². The Hall–Kier alpha value is -4.14. The van der Waals surface area contributed by atoms with Crippen molar-refractivity contribution < 1.29 is 19.4 Å². The number of aromatic nitrogens is 1. The molecule has 1 aliphatic rings. The third kappa shape index (κ3) is 5.39. The van der Waals surface area contributed by atoms with Crippen LogP contribution in [-0.2, 0) is 9.59 Å². The summed E-state index contributed by atoms with van der Waals surface area (Å²) in [5.41, 5.74) is 3.06. The Labute approximate surface area is 233 Å². The standard InChI is InChI=1S/C29H23Cl2N3O5/c1-39-20-10-11-22-21(14-20)27(17-4-8-19(31)9-5-17)28(29(38)32-22)23-15-24(16-2-6-18(30)7-3-16)34(33-23)25(35)12-13-26(36)37/h2-11,14,24H,12-13,15H2,1H3,(H,32,38)(H,36,37). The summed E-state index contributed by atoms with van der Waals surface area (Å²) in [5.74, 6) is -0.937. The minimum atomic E-state index is -1.08. The van der Waals surface area contributed by atoms with Crippen LogP contribution in [0.1, 0.15) is 36.4 Å². The van der Waals surface area contributed by atoms with Gasteiger partial charge in [0.15, 0.2) is 0 Å². The molecule has 2 heterocycles. The normalized spacial score (nSPS) is 14.9. The zero-order chi connectivity index (χ0) is 27.7. The lowest BCUT2D eigenvalue weighted by Gasteiger charge is -2.22. The molecular weight excluding hydrogens is 541 g/mol. The number of pyridine rings is 1. The van der Waals surface area contributed by atoms with E-state index >= 15 is 0 Å². The number of H-pyrrole nitrogens is 1. The molecule has 0 aliphatic carbocycles. The van der Waals surface area contributed by atoms with Gasteiger partial charge in [0.1, 0.15) is 5.75 Å². The van der Waals surface area contributed by atoms with Crippen LogP contribution in [0.4, 0.5) is 0 Å². The first-order valence-electron chi connectivity index (χ1n) is 12.1. The number of rotatable bonds is 7. The fraction of sp³-hybridized carbons (Fsp3) is 0.172. The first-order valence-corrected chi connectivity index (χ1v) is 12.9. The molecule has 1 amide bonds. The summed E-state index contributed by atoms with van der Waals surface area (Å²) in [4.78, 5) is 40.9. The first-order chi connectivity index (χ1) is 18.7. The van der Waals surface area contributed by atoms with E-state index in [9.17, 15) is 14.4 Å². The average Bonchev–Trinajstić information content (AvgIpc) is 3.36. The van der Waals surface area contributed by atoms with Crippen molar-refractivity contribution in [2.75, 3.05) is 7.11 Å². The van der Waals surface area contributed by atoms with Gasteiger partial charge in [-0.3, -0.25) is 14.4 Å². The molecular formula is C29H23Cl2N3O5. The molecule has 0 fully saturated rings. The van der Waals surface area contributed by atoms with Crippen LogP contribution in [0.25, 0.3) is 22.0 Å². The van der Waals surface area contributed by atoms with Crippen molar-refractivity contribution in [2.45, 2.75) is 25.3 Å². The van der Waals surface area contributed by atoms with Gasteiger partial charge in [0, 0.05) is 39.4 Å². The lowest BCUT2D eigenvalue weighted by atomic mass is 9.91. The molecule has 198 valence electrons. The summed E-state index contributed by atoms with van der Waals surface area (Å²) < 4.78 is 5.45. The molecule has 4 aromatic rings. The topological polar surface area (TPSA) is 112 Å². The van der Waals surface area contributed by atoms with Crippen LogP contribution >= 0.6 is 23.2 Å². The minimum Gasteiger partial charge on any atom is -0.497 e. The first kappa shape index (κ1) is 26.5. The number of fused-ring (bicyclic) bond motifs is 1. The number of carboxylic acid groups (broad SMARTS) is 1. The Morgan fingerprint density at radius 2 is 1.67 bits per heavy atom. The minimum absolute atomic E-state index is 0.231. The highest BCUT2D eigenvalue weighted by Crippen LogP contribution is 2.38. The lowest BCUT2D eigenvalue weighted by molar-refractivity contribution is -0.141. The van der Waals surface area contributed by atoms with Crippen molar-refractivity contribution in [2.24, 2.45) is 5.10 Å². The number of hydrazone groups is 1. The zero-order valence-corrected chi connectivity index (χ0v) is 22.3. The number of nitrogens with one attached hydrogen (secondary N) is 1. The number of nitrogens with zero attached hydrogens (tertiary/aromatic N) is 2. The van der Waals surface area contributed by atoms with Crippen LogP contribution in [0.5, 0.6) is 5.75 Å². The number of aromatic amines is 1. The lowest BCUT2D eigenvalue weighted by Crippen LogP contribution is -2.27. The van der Waals surface area contributed by atoms with Crippen molar-refractivity contribution in [3.63, 3.8) is 0 Å². The summed E-state index contributed by atoms with van der Waals surface area (Å²) >= 11 is 12.2. The van der Waals surface area contributed by atoms with Crippen LogP contribution in [0.3, 0.4) is 0 Å². The number of hydrogen-bond acceptors (Lipinski definition) is 5. The van der Waals surface area contributed by atoms with Gasteiger partial charge in [-0.05, 0) is 53.6 Å². The molecule has 1 aromatic heterocycles. The van der Waals surface area contributed by atoms with Gasteiger partial charge in [-0.15, -0.1) is 0 Å². The maximum absolute atomic E-state index is 13.6. The highest BCUT2D eigenvalue weighted by atomic mass is 35.5.